The Morgan fingerprint density at radius 3 is 2.63 bits per heavy atom. The zero-order valence-corrected chi connectivity index (χ0v) is 16.0. The summed E-state index contributed by atoms with van der Waals surface area (Å²) in [6, 6.07) is 5.92. The summed E-state index contributed by atoms with van der Waals surface area (Å²) < 4.78 is 5.39. The first-order chi connectivity index (χ1) is 12.9. The molecule has 1 saturated heterocycles. The number of carbonyl (C=O) groups excluding carboxylic acids is 2. The summed E-state index contributed by atoms with van der Waals surface area (Å²) in [5.41, 5.74) is 1.000. The molecule has 0 aromatic heterocycles. The molecule has 9 heteroatoms. The fourth-order valence-electron chi connectivity index (χ4n) is 3.02. The van der Waals surface area contributed by atoms with Crippen molar-refractivity contribution in [1.29, 1.82) is 0 Å². The number of esters is 1. The second-order valence-corrected chi connectivity index (χ2v) is 7.94. The topological polar surface area (TPSA) is 93.0 Å². The predicted molar refractivity (Wildman–Crippen MR) is 101 cm³/mol. The van der Waals surface area contributed by atoms with Gasteiger partial charge in [0.1, 0.15) is 12.3 Å². The van der Waals surface area contributed by atoms with Crippen LogP contribution >= 0.6 is 11.8 Å². The molecule has 3 rings (SSSR count). The third kappa shape index (κ3) is 4.30. The van der Waals surface area contributed by atoms with E-state index in [1.54, 1.807) is 28.8 Å². The maximum Gasteiger partial charge on any atom is 0.356 e. The predicted octanol–water partition coefficient (Wildman–Crippen LogP) is 2.15. The average Bonchev–Trinajstić information content (AvgIpc) is 2.92. The van der Waals surface area contributed by atoms with Gasteiger partial charge in [-0.3, -0.25) is 14.9 Å². The number of amides is 1. The van der Waals surface area contributed by atoms with E-state index in [9.17, 15) is 19.7 Å². The van der Waals surface area contributed by atoms with Gasteiger partial charge in [-0.05, 0) is 31.8 Å². The fraction of sp³-hybridized carbons (Fsp3) is 0.444. The zero-order chi connectivity index (χ0) is 19.6. The molecule has 0 N–H and O–H groups in total. The van der Waals surface area contributed by atoms with Gasteiger partial charge >= 0.3 is 5.97 Å². The third-order valence-electron chi connectivity index (χ3n) is 4.50. The number of nitrogens with zero attached hydrogens (tertiary/aromatic N) is 3. The molecule has 27 heavy (non-hydrogen) atoms. The van der Waals surface area contributed by atoms with Crippen molar-refractivity contribution in [1.82, 2.24) is 9.80 Å². The van der Waals surface area contributed by atoms with Crippen molar-refractivity contribution in [3.05, 3.63) is 50.5 Å². The molecular weight excluding hydrogens is 370 g/mol. The molecule has 1 atom stereocenters. The minimum Gasteiger partial charge on any atom is -0.456 e. The number of nitro groups is 1. The van der Waals surface area contributed by atoms with Gasteiger partial charge in [0.25, 0.3) is 5.69 Å². The van der Waals surface area contributed by atoms with E-state index in [-0.39, 0.29) is 24.2 Å². The van der Waals surface area contributed by atoms with E-state index in [2.05, 4.69) is 4.90 Å². The summed E-state index contributed by atoms with van der Waals surface area (Å²) in [6.07, 6.45) is 1.17. The quantitative estimate of drug-likeness (QED) is 0.290. The van der Waals surface area contributed by atoms with Crippen molar-refractivity contribution >= 4 is 29.3 Å². The highest BCUT2D eigenvalue weighted by atomic mass is 32.2. The summed E-state index contributed by atoms with van der Waals surface area (Å²) in [6.45, 7) is 0.876. The monoisotopic (exact) mass is 391 g/mol. The number of hydrogen-bond donors (Lipinski definition) is 0. The van der Waals surface area contributed by atoms with Gasteiger partial charge in [-0.1, -0.05) is 0 Å². The number of β-lactam (4-membered cyclic amide) rings is 1. The molecule has 0 bridgehead atoms. The van der Waals surface area contributed by atoms with Crippen LogP contribution in [0.2, 0.25) is 0 Å². The number of thioether (sulfide) groups is 1. The molecule has 1 unspecified atom stereocenters. The molecule has 2 heterocycles. The van der Waals surface area contributed by atoms with Crippen molar-refractivity contribution in [2.24, 2.45) is 0 Å². The van der Waals surface area contributed by atoms with Gasteiger partial charge in [0.05, 0.1) is 11.0 Å². The number of fused-ring (bicyclic) bond motifs is 1. The van der Waals surface area contributed by atoms with Crippen LogP contribution in [0.4, 0.5) is 5.69 Å². The van der Waals surface area contributed by atoms with E-state index in [1.807, 2.05) is 14.1 Å². The first kappa shape index (κ1) is 19.4. The molecule has 0 radical (unpaired) electrons. The lowest BCUT2D eigenvalue weighted by Crippen LogP contribution is -2.49. The van der Waals surface area contributed by atoms with Gasteiger partial charge in [-0.2, -0.15) is 0 Å². The van der Waals surface area contributed by atoms with E-state index < -0.39 is 10.9 Å². The van der Waals surface area contributed by atoms with Crippen LogP contribution in [0.1, 0.15) is 18.4 Å². The van der Waals surface area contributed by atoms with Crippen molar-refractivity contribution < 1.29 is 19.2 Å². The van der Waals surface area contributed by atoms with Crippen LogP contribution in [0.3, 0.4) is 0 Å². The molecule has 1 aromatic carbocycles. The number of rotatable bonds is 8. The lowest BCUT2D eigenvalue weighted by molar-refractivity contribution is -0.384. The van der Waals surface area contributed by atoms with Gasteiger partial charge in [0.2, 0.25) is 5.91 Å². The summed E-state index contributed by atoms with van der Waals surface area (Å²) in [5.74, 6) is 0.262. The number of ether oxygens (including phenoxy) is 1. The Bertz CT molecular complexity index is 791. The van der Waals surface area contributed by atoms with E-state index in [4.69, 9.17) is 4.74 Å². The Morgan fingerprint density at radius 1 is 1.33 bits per heavy atom. The number of carbonyl (C=O) groups is 2. The molecule has 2 aliphatic rings. The second kappa shape index (κ2) is 8.10. The summed E-state index contributed by atoms with van der Waals surface area (Å²) in [5, 5.41) is 10.7. The molecule has 1 aromatic rings. The summed E-state index contributed by atoms with van der Waals surface area (Å²) in [4.78, 5) is 39.3. The van der Waals surface area contributed by atoms with Crippen LogP contribution in [-0.4, -0.2) is 59.0 Å². The van der Waals surface area contributed by atoms with Gasteiger partial charge in [0.15, 0.2) is 0 Å². The lowest BCUT2D eigenvalue weighted by Gasteiger charge is -2.35. The zero-order valence-electron chi connectivity index (χ0n) is 15.2. The Balaban J connectivity index is 1.66. The van der Waals surface area contributed by atoms with Gasteiger partial charge in [0, 0.05) is 42.2 Å². The molecule has 8 nitrogen and oxygen atoms in total. The minimum absolute atomic E-state index is 0.00265. The summed E-state index contributed by atoms with van der Waals surface area (Å²) >= 11 is 1.59. The van der Waals surface area contributed by atoms with E-state index in [1.165, 1.54) is 12.1 Å². The van der Waals surface area contributed by atoms with Crippen molar-refractivity contribution in [3.63, 3.8) is 0 Å². The molecule has 0 saturated carbocycles. The van der Waals surface area contributed by atoms with Crippen molar-refractivity contribution in [2.45, 2.75) is 25.5 Å². The van der Waals surface area contributed by atoms with Crippen LogP contribution in [0.5, 0.6) is 0 Å². The molecule has 0 aliphatic carbocycles. The van der Waals surface area contributed by atoms with Crippen LogP contribution in [0.25, 0.3) is 0 Å². The number of benzene rings is 1. The molecule has 1 fully saturated rings. The van der Waals surface area contributed by atoms with Crippen molar-refractivity contribution in [3.8, 4) is 0 Å². The first-order valence-corrected chi connectivity index (χ1v) is 9.58. The molecule has 0 spiro atoms. The number of hydrogen-bond acceptors (Lipinski definition) is 7. The largest absolute Gasteiger partial charge is 0.456 e. The Labute approximate surface area is 161 Å². The third-order valence-corrected chi connectivity index (χ3v) is 5.59. The van der Waals surface area contributed by atoms with Crippen LogP contribution in [-0.2, 0) is 20.9 Å². The Morgan fingerprint density at radius 2 is 2.04 bits per heavy atom. The minimum atomic E-state index is -0.517. The standard InChI is InChI=1S/C18H21N3O5S/c1-19(2)7-8-27-15-9-14-10-16(22)20(14)17(15)18(23)26-11-12-3-5-13(6-4-12)21(24)25/h3-6,14H,7-11H2,1-2H3. The highest BCUT2D eigenvalue weighted by Crippen LogP contribution is 2.43. The first-order valence-electron chi connectivity index (χ1n) is 8.60. The fourth-order valence-corrected chi connectivity index (χ4v) is 4.35. The lowest BCUT2D eigenvalue weighted by atomic mass is 10.0. The second-order valence-electron chi connectivity index (χ2n) is 6.75. The number of nitro benzene ring substituents is 1. The highest BCUT2D eigenvalue weighted by molar-refractivity contribution is 8.03. The molecule has 1 amide bonds. The van der Waals surface area contributed by atoms with E-state index >= 15 is 0 Å². The van der Waals surface area contributed by atoms with Gasteiger partial charge in [-0.25, -0.2) is 4.79 Å². The highest BCUT2D eigenvalue weighted by Gasteiger charge is 2.48. The molecular formula is C18H21N3O5S. The van der Waals surface area contributed by atoms with Crippen LogP contribution in [0.15, 0.2) is 34.9 Å². The number of non-ortho nitro benzene ring substituents is 1. The van der Waals surface area contributed by atoms with Gasteiger partial charge < -0.3 is 14.5 Å². The smallest absolute Gasteiger partial charge is 0.356 e. The average molecular weight is 391 g/mol. The van der Waals surface area contributed by atoms with Crippen LogP contribution in [0, 0.1) is 10.1 Å². The SMILES string of the molecule is CN(C)CCSC1=C(C(=O)OCc2ccc([N+](=O)[O-])cc2)N2C(=O)CC2C1. The summed E-state index contributed by atoms with van der Waals surface area (Å²) in [7, 11) is 3.97. The maximum atomic E-state index is 12.6. The van der Waals surface area contributed by atoms with E-state index in [0.29, 0.717) is 24.1 Å². The van der Waals surface area contributed by atoms with E-state index in [0.717, 1.165) is 17.2 Å². The Kier molecular flexibility index (Phi) is 5.81. The molecule has 2 aliphatic heterocycles. The van der Waals surface area contributed by atoms with Gasteiger partial charge in [-0.15, -0.1) is 11.8 Å². The van der Waals surface area contributed by atoms with Crippen LogP contribution < -0.4 is 0 Å². The normalized spacial score (nSPS) is 18.6. The Hall–Kier alpha value is -2.39. The molecule has 144 valence electrons. The maximum absolute atomic E-state index is 12.6. The van der Waals surface area contributed by atoms with Crippen molar-refractivity contribution in [2.75, 3.05) is 26.4 Å².